The first kappa shape index (κ1) is 22.4. The van der Waals surface area contributed by atoms with Crippen LogP contribution in [0.25, 0.3) is 0 Å². The molecular formula is C21H27ClN2O3S. The van der Waals surface area contributed by atoms with E-state index in [2.05, 4.69) is 5.32 Å². The number of ether oxygens (including phenoxy) is 1. The molecule has 2 aromatic rings. The molecule has 7 heteroatoms. The Kier molecular flexibility index (Phi) is 8.07. The second-order valence-corrected chi connectivity index (χ2v) is 8.75. The van der Waals surface area contributed by atoms with E-state index in [0.717, 1.165) is 11.3 Å². The number of nitrogens with zero attached hydrogens (tertiary/aromatic N) is 1. The highest BCUT2D eigenvalue weighted by atomic mass is 35.5. The molecule has 0 fully saturated rings. The number of aryl methyl sites for hydroxylation is 1. The van der Waals surface area contributed by atoms with Crippen molar-refractivity contribution >= 4 is 22.4 Å². The average molecular weight is 423 g/mol. The number of rotatable bonds is 8. The maximum Gasteiger partial charge on any atom is 0.243 e. The SMILES string of the molecule is Cc1cccc(S(=O)(=O)N(C)C2C=CC(NCCOc3ccccc3)C2)c1.Cl. The van der Waals surface area contributed by atoms with Crippen molar-refractivity contribution in [1.82, 2.24) is 9.62 Å². The fourth-order valence-electron chi connectivity index (χ4n) is 3.15. The minimum absolute atomic E-state index is 0. The van der Waals surface area contributed by atoms with E-state index in [1.54, 1.807) is 25.2 Å². The molecule has 0 saturated carbocycles. The minimum Gasteiger partial charge on any atom is -0.492 e. The Bertz CT molecular complexity index is 888. The lowest BCUT2D eigenvalue weighted by Crippen LogP contribution is -2.38. The molecule has 0 saturated heterocycles. The zero-order valence-electron chi connectivity index (χ0n) is 16.1. The van der Waals surface area contributed by atoms with Gasteiger partial charge in [0.05, 0.1) is 4.90 Å². The van der Waals surface area contributed by atoms with Gasteiger partial charge in [-0.3, -0.25) is 0 Å². The first-order valence-electron chi connectivity index (χ1n) is 9.11. The number of sulfonamides is 1. The Morgan fingerprint density at radius 3 is 2.57 bits per heavy atom. The lowest BCUT2D eigenvalue weighted by atomic mass is 10.2. The number of hydrogen-bond donors (Lipinski definition) is 1. The van der Waals surface area contributed by atoms with Gasteiger partial charge in [-0.25, -0.2) is 8.42 Å². The minimum atomic E-state index is -3.50. The van der Waals surface area contributed by atoms with Crippen LogP contribution in [0.5, 0.6) is 5.75 Å². The first-order chi connectivity index (χ1) is 13.0. The van der Waals surface area contributed by atoms with Crippen molar-refractivity contribution in [3.63, 3.8) is 0 Å². The highest BCUT2D eigenvalue weighted by Crippen LogP contribution is 2.23. The third-order valence-electron chi connectivity index (χ3n) is 4.72. The molecule has 0 radical (unpaired) electrons. The highest BCUT2D eigenvalue weighted by molar-refractivity contribution is 7.89. The van der Waals surface area contributed by atoms with Gasteiger partial charge in [-0.15, -0.1) is 12.4 Å². The van der Waals surface area contributed by atoms with E-state index in [9.17, 15) is 8.42 Å². The fraction of sp³-hybridized carbons (Fsp3) is 0.333. The summed E-state index contributed by atoms with van der Waals surface area (Å²) in [5.74, 6) is 0.850. The summed E-state index contributed by atoms with van der Waals surface area (Å²) in [5, 5.41) is 3.40. The molecule has 1 aliphatic rings. The molecule has 3 rings (SSSR count). The number of halogens is 1. The predicted molar refractivity (Wildman–Crippen MR) is 115 cm³/mol. The van der Waals surface area contributed by atoms with Crippen molar-refractivity contribution in [1.29, 1.82) is 0 Å². The van der Waals surface area contributed by atoms with Crippen LogP contribution in [0, 0.1) is 6.92 Å². The van der Waals surface area contributed by atoms with E-state index < -0.39 is 10.0 Å². The molecule has 0 bridgehead atoms. The molecule has 0 amide bonds. The van der Waals surface area contributed by atoms with Crippen molar-refractivity contribution in [3.8, 4) is 5.75 Å². The summed E-state index contributed by atoms with van der Waals surface area (Å²) < 4.78 is 32.8. The van der Waals surface area contributed by atoms with Crippen LogP contribution in [0.4, 0.5) is 0 Å². The lowest BCUT2D eigenvalue weighted by molar-refractivity contribution is 0.305. The molecule has 2 unspecified atom stereocenters. The molecule has 0 spiro atoms. The largest absolute Gasteiger partial charge is 0.492 e. The van der Waals surface area contributed by atoms with Crippen molar-refractivity contribution in [2.75, 3.05) is 20.2 Å². The quantitative estimate of drug-likeness (QED) is 0.523. The van der Waals surface area contributed by atoms with Crippen LogP contribution in [-0.4, -0.2) is 45.0 Å². The van der Waals surface area contributed by atoms with Crippen LogP contribution >= 0.6 is 12.4 Å². The number of benzene rings is 2. The molecule has 0 aliphatic heterocycles. The van der Waals surface area contributed by atoms with Crippen LogP contribution in [0.2, 0.25) is 0 Å². The highest BCUT2D eigenvalue weighted by Gasteiger charge is 2.30. The van der Waals surface area contributed by atoms with Crippen LogP contribution in [0.1, 0.15) is 12.0 Å². The van der Waals surface area contributed by atoms with E-state index in [1.807, 2.05) is 55.5 Å². The van der Waals surface area contributed by atoms with Crippen molar-refractivity contribution in [2.45, 2.75) is 30.3 Å². The Balaban J connectivity index is 0.00000280. The second kappa shape index (κ2) is 10.1. The molecule has 2 aromatic carbocycles. The van der Waals surface area contributed by atoms with Crippen LogP contribution in [0.3, 0.4) is 0 Å². The van der Waals surface area contributed by atoms with Gasteiger partial charge in [0.25, 0.3) is 0 Å². The number of hydrogen-bond acceptors (Lipinski definition) is 4. The summed E-state index contributed by atoms with van der Waals surface area (Å²) in [7, 11) is -1.85. The Morgan fingerprint density at radius 1 is 1.11 bits per heavy atom. The van der Waals surface area contributed by atoms with Crippen molar-refractivity contribution in [2.24, 2.45) is 0 Å². The molecule has 152 valence electrons. The van der Waals surface area contributed by atoms with Crippen molar-refractivity contribution < 1.29 is 13.2 Å². The third-order valence-corrected chi connectivity index (χ3v) is 6.59. The summed E-state index contributed by atoms with van der Waals surface area (Å²) in [6, 6.07) is 16.7. The number of nitrogens with one attached hydrogen (secondary N) is 1. The van der Waals surface area contributed by atoms with Gasteiger partial charge >= 0.3 is 0 Å². The summed E-state index contributed by atoms with van der Waals surface area (Å²) in [4.78, 5) is 0.339. The monoisotopic (exact) mass is 422 g/mol. The van der Waals surface area contributed by atoms with Gasteiger partial charge in [0.1, 0.15) is 12.4 Å². The molecular weight excluding hydrogens is 396 g/mol. The Morgan fingerprint density at radius 2 is 1.86 bits per heavy atom. The molecule has 0 aromatic heterocycles. The standard InChI is InChI=1S/C21H26N2O3S.ClH/c1-17-7-6-10-21(15-17)27(24,25)23(2)19-12-11-18(16-19)22-13-14-26-20-8-4-3-5-9-20;/h3-12,15,18-19,22H,13-14,16H2,1-2H3;1H. The smallest absolute Gasteiger partial charge is 0.243 e. The van der Waals surface area contributed by atoms with E-state index in [4.69, 9.17) is 4.74 Å². The molecule has 1 N–H and O–H groups in total. The summed E-state index contributed by atoms with van der Waals surface area (Å²) in [6.07, 6.45) is 4.71. The second-order valence-electron chi connectivity index (χ2n) is 6.75. The van der Waals surface area contributed by atoms with Crippen LogP contribution in [-0.2, 0) is 10.0 Å². The first-order valence-corrected chi connectivity index (χ1v) is 10.5. The Labute approximate surface area is 173 Å². The van der Waals surface area contributed by atoms with E-state index in [1.165, 1.54) is 4.31 Å². The molecule has 0 heterocycles. The average Bonchev–Trinajstić information content (AvgIpc) is 3.14. The lowest BCUT2D eigenvalue weighted by Gasteiger charge is -2.24. The third kappa shape index (κ3) is 5.58. The summed E-state index contributed by atoms with van der Waals surface area (Å²) >= 11 is 0. The maximum absolute atomic E-state index is 12.8. The van der Waals surface area contributed by atoms with Gasteiger partial charge in [-0.2, -0.15) is 4.31 Å². The van der Waals surface area contributed by atoms with E-state index in [0.29, 0.717) is 24.5 Å². The summed E-state index contributed by atoms with van der Waals surface area (Å²) in [5.41, 5.74) is 0.935. The molecule has 1 aliphatic carbocycles. The topological polar surface area (TPSA) is 58.6 Å². The molecule has 28 heavy (non-hydrogen) atoms. The molecule has 2 atom stereocenters. The maximum atomic E-state index is 12.8. The van der Waals surface area contributed by atoms with Crippen molar-refractivity contribution in [3.05, 3.63) is 72.3 Å². The van der Waals surface area contributed by atoms with Crippen LogP contribution < -0.4 is 10.1 Å². The van der Waals surface area contributed by atoms with E-state index in [-0.39, 0.29) is 24.5 Å². The van der Waals surface area contributed by atoms with Crippen LogP contribution in [0.15, 0.2) is 71.6 Å². The van der Waals surface area contributed by atoms with Gasteiger partial charge in [0.15, 0.2) is 0 Å². The van der Waals surface area contributed by atoms with Gasteiger partial charge in [-0.05, 0) is 43.2 Å². The fourth-order valence-corrected chi connectivity index (χ4v) is 4.58. The number of para-hydroxylation sites is 1. The van der Waals surface area contributed by atoms with Gasteiger partial charge in [0, 0.05) is 25.7 Å². The number of likely N-dealkylation sites (N-methyl/N-ethyl adjacent to an activating group) is 1. The summed E-state index contributed by atoms with van der Waals surface area (Å²) in [6.45, 7) is 3.16. The predicted octanol–water partition coefficient (Wildman–Crippen LogP) is 3.40. The van der Waals surface area contributed by atoms with Gasteiger partial charge in [-0.1, -0.05) is 42.5 Å². The van der Waals surface area contributed by atoms with Gasteiger partial charge in [0.2, 0.25) is 10.0 Å². The van der Waals surface area contributed by atoms with Gasteiger partial charge < -0.3 is 10.1 Å². The Hall–Kier alpha value is -1.86. The molecule has 5 nitrogen and oxygen atoms in total. The van der Waals surface area contributed by atoms with E-state index >= 15 is 0 Å². The normalized spacial score (nSPS) is 18.8. The zero-order chi connectivity index (χ0) is 19.3. The zero-order valence-corrected chi connectivity index (χ0v) is 17.7.